The Morgan fingerprint density at radius 1 is 1.16 bits per heavy atom. The van der Waals surface area contributed by atoms with Crippen molar-refractivity contribution in [2.24, 2.45) is 0 Å². The number of hydrogen-bond acceptors (Lipinski definition) is 6. The van der Waals surface area contributed by atoms with Crippen molar-refractivity contribution in [2.45, 2.75) is 13.0 Å². The zero-order valence-electron chi connectivity index (χ0n) is 17.1. The molecule has 0 bridgehead atoms. The fourth-order valence-corrected chi connectivity index (χ4v) is 3.98. The molecule has 32 heavy (non-hydrogen) atoms. The van der Waals surface area contributed by atoms with Crippen molar-refractivity contribution in [3.63, 3.8) is 0 Å². The molecule has 0 radical (unpaired) electrons. The highest BCUT2D eigenvalue weighted by Gasteiger charge is 2.29. The van der Waals surface area contributed by atoms with Crippen LogP contribution in [0.1, 0.15) is 34.6 Å². The number of nitro benzene ring substituents is 1. The molecule has 0 fully saturated rings. The van der Waals surface area contributed by atoms with Gasteiger partial charge in [-0.3, -0.25) is 10.1 Å². The highest BCUT2D eigenvalue weighted by Crippen LogP contribution is 2.36. The van der Waals surface area contributed by atoms with Crippen LogP contribution in [-0.4, -0.2) is 31.8 Å². The van der Waals surface area contributed by atoms with E-state index in [4.69, 9.17) is 4.74 Å². The number of aromatic nitrogens is 3. The van der Waals surface area contributed by atoms with Crippen LogP contribution in [-0.2, 0) is 4.74 Å². The van der Waals surface area contributed by atoms with Gasteiger partial charge in [0.05, 0.1) is 40.8 Å². The van der Waals surface area contributed by atoms with Gasteiger partial charge < -0.3 is 14.6 Å². The standard InChI is InChI=1S/C23H19N5O4/c1-2-32-23(29)17-14-24-27-19-7-4-3-6-18(19)25-21(20-8-5-13-26(20)22(17)27)15-9-11-16(12-10-15)28(30)31/h3-14,21,25H,2H2,1H3. The van der Waals surface area contributed by atoms with Crippen molar-refractivity contribution in [1.29, 1.82) is 0 Å². The summed E-state index contributed by atoms with van der Waals surface area (Å²) in [6.45, 7) is 2.02. The normalized spacial score (nSPS) is 14.2. The summed E-state index contributed by atoms with van der Waals surface area (Å²) in [7, 11) is 0. The van der Waals surface area contributed by atoms with E-state index >= 15 is 0 Å². The predicted molar refractivity (Wildman–Crippen MR) is 117 cm³/mol. The van der Waals surface area contributed by atoms with E-state index in [9.17, 15) is 14.9 Å². The average molecular weight is 429 g/mol. The van der Waals surface area contributed by atoms with Gasteiger partial charge in [0.2, 0.25) is 0 Å². The van der Waals surface area contributed by atoms with Crippen molar-refractivity contribution in [3.05, 3.63) is 100.0 Å². The number of ether oxygens (including phenoxy) is 1. The topological polar surface area (TPSA) is 104 Å². The van der Waals surface area contributed by atoms with Crippen LogP contribution in [0.15, 0.2) is 73.1 Å². The molecule has 2 aromatic carbocycles. The maximum Gasteiger partial charge on any atom is 0.343 e. The number of hydrogen-bond donors (Lipinski definition) is 1. The van der Waals surface area contributed by atoms with Gasteiger partial charge in [-0.05, 0) is 48.9 Å². The molecule has 9 heteroatoms. The molecule has 5 rings (SSSR count). The average Bonchev–Trinajstić information content (AvgIpc) is 3.43. The fourth-order valence-electron chi connectivity index (χ4n) is 3.98. The van der Waals surface area contributed by atoms with Crippen LogP contribution < -0.4 is 5.32 Å². The van der Waals surface area contributed by atoms with E-state index < -0.39 is 10.9 Å². The third kappa shape index (κ3) is 3.11. The van der Waals surface area contributed by atoms with Gasteiger partial charge in [-0.15, -0.1) is 0 Å². The lowest BCUT2D eigenvalue weighted by molar-refractivity contribution is -0.384. The Hall–Kier alpha value is -4.40. The zero-order valence-corrected chi connectivity index (χ0v) is 17.1. The Balaban J connectivity index is 1.74. The summed E-state index contributed by atoms with van der Waals surface area (Å²) in [6.07, 6.45) is 3.37. The first-order valence-electron chi connectivity index (χ1n) is 10.1. The summed E-state index contributed by atoms with van der Waals surface area (Å²) < 4.78 is 8.88. The number of para-hydroxylation sites is 2. The quantitative estimate of drug-likeness (QED) is 0.295. The van der Waals surface area contributed by atoms with Crippen molar-refractivity contribution < 1.29 is 14.5 Å². The molecular weight excluding hydrogens is 410 g/mol. The summed E-state index contributed by atoms with van der Waals surface area (Å²) in [5, 5.41) is 19.1. The summed E-state index contributed by atoms with van der Waals surface area (Å²) in [5.41, 5.74) is 3.64. The largest absolute Gasteiger partial charge is 0.462 e. The summed E-state index contributed by atoms with van der Waals surface area (Å²) >= 11 is 0. The van der Waals surface area contributed by atoms with E-state index in [1.54, 1.807) is 23.7 Å². The highest BCUT2D eigenvalue weighted by molar-refractivity contribution is 5.93. The number of esters is 1. The Bertz CT molecular complexity index is 1320. The minimum absolute atomic E-state index is 0.0260. The predicted octanol–water partition coefficient (Wildman–Crippen LogP) is 4.26. The third-order valence-corrected chi connectivity index (χ3v) is 5.41. The minimum Gasteiger partial charge on any atom is -0.462 e. The summed E-state index contributed by atoms with van der Waals surface area (Å²) in [5.74, 6) is 0.121. The molecule has 1 unspecified atom stereocenters. The molecule has 0 aliphatic carbocycles. The lowest BCUT2D eigenvalue weighted by Gasteiger charge is -2.27. The van der Waals surface area contributed by atoms with Crippen molar-refractivity contribution in [2.75, 3.05) is 11.9 Å². The molecule has 1 aliphatic rings. The molecule has 0 saturated carbocycles. The van der Waals surface area contributed by atoms with Crippen molar-refractivity contribution in [3.8, 4) is 11.5 Å². The van der Waals surface area contributed by atoms with Gasteiger partial charge in [0.1, 0.15) is 5.56 Å². The molecule has 0 spiro atoms. The van der Waals surface area contributed by atoms with E-state index in [2.05, 4.69) is 10.4 Å². The first kappa shape index (κ1) is 19.6. The van der Waals surface area contributed by atoms with Crippen LogP contribution in [0.4, 0.5) is 11.4 Å². The number of rotatable bonds is 4. The number of non-ortho nitro benzene ring substituents is 1. The van der Waals surface area contributed by atoms with Crippen LogP contribution in [0.5, 0.6) is 0 Å². The monoisotopic (exact) mass is 429 g/mol. The smallest absolute Gasteiger partial charge is 0.343 e. The second kappa shape index (κ2) is 7.69. The Morgan fingerprint density at radius 3 is 2.69 bits per heavy atom. The Kier molecular flexibility index (Phi) is 4.70. The number of fused-ring (bicyclic) bond motifs is 5. The lowest BCUT2D eigenvalue weighted by atomic mass is 10.0. The number of benzene rings is 2. The van der Waals surface area contributed by atoms with Gasteiger partial charge in [-0.2, -0.15) is 5.10 Å². The molecule has 0 saturated heterocycles. The second-order valence-electron chi connectivity index (χ2n) is 7.26. The van der Waals surface area contributed by atoms with Gasteiger partial charge in [0, 0.05) is 18.3 Å². The Morgan fingerprint density at radius 2 is 1.94 bits per heavy atom. The first-order chi connectivity index (χ1) is 15.6. The maximum absolute atomic E-state index is 12.7. The van der Waals surface area contributed by atoms with Crippen molar-refractivity contribution in [1.82, 2.24) is 14.3 Å². The third-order valence-electron chi connectivity index (χ3n) is 5.41. The van der Waals surface area contributed by atoms with E-state index in [1.165, 1.54) is 18.3 Å². The number of anilines is 1. The molecule has 2 aromatic heterocycles. The van der Waals surface area contributed by atoms with Gasteiger partial charge in [0.15, 0.2) is 5.82 Å². The van der Waals surface area contributed by atoms with Gasteiger partial charge in [-0.25, -0.2) is 9.48 Å². The molecule has 1 atom stereocenters. The SMILES string of the molecule is CCOC(=O)c1cnn2c1-n1cccc1C(c1ccc([N+](=O)[O-])cc1)Nc1ccccc1-2. The Labute approximate surface area is 183 Å². The van der Waals surface area contributed by atoms with E-state index in [1.807, 2.05) is 47.2 Å². The molecular formula is C23H19N5O4. The minimum atomic E-state index is -0.453. The van der Waals surface area contributed by atoms with Gasteiger partial charge in [0.25, 0.3) is 5.69 Å². The number of carbonyl (C=O) groups is 1. The number of carbonyl (C=O) groups excluding carboxylic acids is 1. The molecule has 0 amide bonds. The van der Waals surface area contributed by atoms with E-state index in [0.717, 1.165) is 22.6 Å². The van der Waals surface area contributed by atoms with E-state index in [0.29, 0.717) is 11.4 Å². The molecule has 3 heterocycles. The maximum atomic E-state index is 12.7. The highest BCUT2D eigenvalue weighted by atomic mass is 16.6. The number of nitrogens with zero attached hydrogens (tertiary/aromatic N) is 4. The lowest BCUT2D eigenvalue weighted by Crippen LogP contribution is -2.22. The molecule has 4 aromatic rings. The zero-order chi connectivity index (χ0) is 22.2. The van der Waals surface area contributed by atoms with Gasteiger partial charge in [-0.1, -0.05) is 12.1 Å². The summed E-state index contributed by atoms with van der Waals surface area (Å²) in [6, 6.07) is 17.6. The van der Waals surface area contributed by atoms with Crippen LogP contribution in [0.25, 0.3) is 11.5 Å². The van der Waals surface area contributed by atoms with Gasteiger partial charge >= 0.3 is 5.97 Å². The second-order valence-corrected chi connectivity index (χ2v) is 7.26. The molecule has 1 N–H and O–H groups in total. The molecule has 160 valence electrons. The first-order valence-corrected chi connectivity index (χ1v) is 10.1. The van der Waals surface area contributed by atoms with E-state index in [-0.39, 0.29) is 18.3 Å². The van der Waals surface area contributed by atoms with Crippen LogP contribution in [0.3, 0.4) is 0 Å². The van der Waals surface area contributed by atoms with Crippen molar-refractivity contribution >= 4 is 17.3 Å². The number of nitro groups is 1. The van der Waals surface area contributed by atoms with Crippen LogP contribution >= 0.6 is 0 Å². The van der Waals surface area contributed by atoms with Crippen LogP contribution in [0, 0.1) is 10.1 Å². The number of nitrogens with one attached hydrogen (secondary N) is 1. The summed E-state index contributed by atoms with van der Waals surface area (Å²) in [4.78, 5) is 23.4. The molecule has 1 aliphatic heterocycles. The fraction of sp³-hybridized carbons (Fsp3) is 0.130. The molecule has 9 nitrogen and oxygen atoms in total. The van der Waals surface area contributed by atoms with Crippen LogP contribution in [0.2, 0.25) is 0 Å².